The molecule has 2 saturated heterocycles. The molecule has 1 aromatic heterocycles. The number of aromatic amines is 1. The van der Waals surface area contributed by atoms with E-state index in [0.29, 0.717) is 19.4 Å². The topological polar surface area (TPSA) is 124 Å². The van der Waals surface area contributed by atoms with Crippen molar-refractivity contribution < 1.29 is 23.9 Å². The molecule has 188 valence electrons. The van der Waals surface area contributed by atoms with Gasteiger partial charge in [-0.3, -0.25) is 14.5 Å². The van der Waals surface area contributed by atoms with E-state index >= 15 is 0 Å². The molecular formula is C25H33N5O5. The predicted molar refractivity (Wildman–Crippen MR) is 130 cm³/mol. The Bertz CT molecular complexity index is 1140. The van der Waals surface area contributed by atoms with Crippen molar-refractivity contribution in [2.75, 3.05) is 13.6 Å². The van der Waals surface area contributed by atoms with Crippen LogP contribution in [0.3, 0.4) is 0 Å². The van der Waals surface area contributed by atoms with Crippen molar-refractivity contribution in [2.45, 2.75) is 70.2 Å². The fraction of sp³-hybridized carbons (Fsp3) is 0.520. The van der Waals surface area contributed by atoms with Crippen LogP contribution in [0.5, 0.6) is 0 Å². The number of H-pyrrole nitrogens is 1. The second-order valence-corrected chi connectivity index (χ2v) is 10.2. The van der Waals surface area contributed by atoms with E-state index in [-0.39, 0.29) is 36.7 Å². The molecule has 0 radical (unpaired) electrons. The molecule has 0 saturated carbocycles. The number of ether oxygens (including phenoxy) is 1. The third-order valence-corrected chi connectivity index (χ3v) is 6.50. The van der Waals surface area contributed by atoms with Gasteiger partial charge in [0.25, 0.3) is 0 Å². The second-order valence-electron chi connectivity index (χ2n) is 10.2. The van der Waals surface area contributed by atoms with Crippen LogP contribution in [0, 0.1) is 0 Å². The monoisotopic (exact) mass is 483 g/mol. The van der Waals surface area contributed by atoms with E-state index in [1.807, 2.05) is 30.5 Å². The Kier molecular flexibility index (Phi) is 6.73. The molecule has 3 N–H and O–H groups in total. The van der Waals surface area contributed by atoms with Crippen molar-refractivity contribution >= 4 is 34.8 Å². The first-order valence-electron chi connectivity index (χ1n) is 12.0. The first-order valence-corrected chi connectivity index (χ1v) is 12.0. The summed E-state index contributed by atoms with van der Waals surface area (Å²) in [6, 6.07) is 5.71. The quantitative estimate of drug-likeness (QED) is 0.603. The second kappa shape index (κ2) is 9.59. The highest BCUT2D eigenvalue weighted by molar-refractivity contribution is 5.97. The van der Waals surface area contributed by atoms with Gasteiger partial charge in [0, 0.05) is 49.6 Å². The number of piperidine rings is 1. The number of nitrogens with one attached hydrogen (secondary N) is 3. The smallest absolute Gasteiger partial charge is 0.408 e. The molecule has 0 spiro atoms. The van der Waals surface area contributed by atoms with E-state index in [1.165, 1.54) is 7.05 Å². The zero-order valence-electron chi connectivity index (χ0n) is 20.6. The SMILES string of the molecule is CN1C(=O)C[C@@H]2[C@@H](NC(=O)[C@H](Cc3c[nH]c4ccccc34)NC(=O)OC(C)(C)C)CCCN2C1=O. The molecule has 2 aliphatic heterocycles. The Morgan fingerprint density at radius 3 is 2.71 bits per heavy atom. The molecule has 0 bridgehead atoms. The summed E-state index contributed by atoms with van der Waals surface area (Å²) in [5.74, 6) is -0.647. The third-order valence-electron chi connectivity index (χ3n) is 6.50. The minimum Gasteiger partial charge on any atom is -0.444 e. The molecule has 35 heavy (non-hydrogen) atoms. The number of aromatic nitrogens is 1. The van der Waals surface area contributed by atoms with Gasteiger partial charge in [-0.25, -0.2) is 9.59 Å². The van der Waals surface area contributed by atoms with Gasteiger partial charge in [-0.15, -0.1) is 0 Å². The number of hydrogen-bond donors (Lipinski definition) is 3. The number of carbonyl (C=O) groups excluding carboxylic acids is 4. The van der Waals surface area contributed by atoms with Crippen LogP contribution in [0.25, 0.3) is 10.9 Å². The zero-order valence-corrected chi connectivity index (χ0v) is 20.6. The molecule has 5 amide bonds. The summed E-state index contributed by atoms with van der Waals surface area (Å²) in [4.78, 5) is 57.0. The predicted octanol–water partition coefficient (Wildman–Crippen LogP) is 2.54. The van der Waals surface area contributed by atoms with Gasteiger partial charge in [-0.1, -0.05) is 18.2 Å². The first-order chi connectivity index (χ1) is 16.5. The van der Waals surface area contributed by atoms with Crippen LogP contribution in [0.4, 0.5) is 9.59 Å². The van der Waals surface area contributed by atoms with E-state index in [9.17, 15) is 19.2 Å². The maximum Gasteiger partial charge on any atom is 0.408 e. The number of fused-ring (bicyclic) bond motifs is 2. The van der Waals surface area contributed by atoms with Crippen LogP contribution in [0.1, 0.15) is 45.6 Å². The summed E-state index contributed by atoms with van der Waals surface area (Å²) in [7, 11) is 1.48. The normalized spacial score (nSPS) is 21.5. The van der Waals surface area contributed by atoms with Crippen molar-refractivity contribution in [3.63, 3.8) is 0 Å². The molecule has 10 heteroatoms. The van der Waals surface area contributed by atoms with Gasteiger partial charge in [0.05, 0.1) is 6.04 Å². The minimum absolute atomic E-state index is 0.153. The van der Waals surface area contributed by atoms with E-state index in [2.05, 4.69) is 15.6 Å². The Morgan fingerprint density at radius 2 is 1.97 bits per heavy atom. The largest absolute Gasteiger partial charge is 0.444 e. The number of hydrogen-bond acceptors (Lipinski definition) is 5. The average molecular weight is 484 g/mol. The highest BCUT2D eigenvalue weighted by Gasteiger charge is 2.43. The average Bonchev–Trinajstić information content (AvgIpc) is 3.19. The van der Waals surface area contributed by atoms with Crippen molar-refractivity contribution in [1.29, 1.82) is 0 Å². The van der Waals surface area contributed by atoms with E-state index in [4.69, 9.17) is 4.74 Å². The van der Waals surface area contributed by atoms with E-state index < -0.39 is 23.8 Å². The third kappa shape index (κ3) is 5.41. The van der Waals surface area contributed by atoms with Crippen molar-refractivity contribution in [3.8, 4) is 0 Å². The van der Waals surface area contributed by atoms with Crippen LogP contribution in [0.2, 0.25) is 0 Å². The van der Waals surface area contributed by atoms with Crippen LogP contribution >= 0.6 is 0 Å². The molecule has 2 aromatic rings. The molecule has 4 rings (SSSR count). The number of nitrogens with zero attached hydrogens (tertiary/aromatic N) is 2. The lowest BCUT2D eigenvalue weighted by Gasteiger charge is -2.46. The summed E-state index contributed by atoms with van der Waals surface area (Å²) >= 11 is 0. The van der Waals surface area contributed by atoms with Crippen LogP contribution in [0.15, 0.2) is 30.5 Å². The van der Waals surface area contributed by atoms with Gasteiger partial charge in [-0.2, -0.15) is 0 Å². The van der Waals surface area contributed by atoms with Crippen LogP contribution in [-0.2, 0) is 20.7 Å². The van der Waals surface area contributed by atoms with Gasteiger partial charge in [0.2, 0.25) is 11.8 Å². The molecule has 3 atom stereocenters. The molecule has 3 heterocycles. The number of amides is 5. The number of carbonyl (C=O) groups is 4. The van der Waals surface area contributed by atoms with E-state index in [0.717, 1.165) is 21.4 Å². The Balaban J connectivity index is 1.54. The highest BCUT2D eigenvalue weighted by Crippen LogP contribution is 2.26. The summed E-state index contributed by atoms with van der Waals surface area (Å²) in [6.45, 7) is 5.81. The Hall–Kier alpha value is -3.56. The fourth-order valence-electron chi connectivity index (χ4n) is 4.79. The van der Waals surface area contributed by atoms with Gasteiger partial charge in [0.15, 0.2) is 0 Å². The lowest BCUT2D eigenvalue weighted by molar-refractivity contribution is -0.134. The number of benzene rings is 1. The maximum atomic E-state index is 13.5. The Labute approximate surface area is 204 Å². The minimum atomic E-state index is -0.905. The van der Waals surface area contributed by atoms with Gasteiger partial charge >= 0.3 is 12.1 Å². The number of alkyl carbamates (subject to hydrolysis) is 1. The standard InChI is InChI=1S/C25H33N5O5/c1-25(2,3)35-23(33)28-19(12-15-14-26-17-9-6-5-8-16(15)17)22(32)27-18-10-7-11-30-20(18)13-21(31)29(4)24(30)34/h5-6,8-9,14,18-20,26H,7,10-13H2,1-4H3,(H,27,32)(H,28,33)/t18-,19-,20+/m0/s1. The lowest BCUT2D eigenvalue weighted by Crippen LogP contribution is -2.65. The summed E-state index contributed by atoms with van der Waals surface area (Å²) in [6.07, 6.45) is 2.90. The molecule has 10 nitrogen and oxygen atoms in total. The molecule has 2 aliphatic rings. The van der Waals surface area contributed by atoms with Crippen LogP contribution < -0.4 is 10.6 Å². The summed E-state index contributed by atoms with van der Waals surface area (Å²) < 4.78 is 5.40. The van der Waals surface area contributed by atoms with Gasteiger partial charge in [0.1, 0.15) is 11.6 Å². The lowest BCUT2D eigenvalue weighted by atomic mass is 9.91. The molecule has 2 fully saturated rings. The zero-order chi connectivity index (χ0) is 25.3. The summed E-state index contributed by atoms with van der Waals surface area (Å²) in [5, 5.41) is 6.70. The number of imide groups is 1. The van der Waals surface area contributed by atoms with Crippen molar-refractivity contribution in [1.82, 2.24) is 25.4 Å². The summed E-state index contributed by atoms with van der Waals surface area (Å²) in [5.41, 5.74) is 1.10. The van der Waals surface area contributed by atoms with Crippen LogP contribution in [-0.4, -0.2) is 76.0 Å². The number of urea groups is 1. The van der Waals surface area contributed by atoms with E-state index in [1.54, 1.807) is 25.7 Å². The Morgan fingerprint density at radius 1 is 1.23 bits per heavy atom. The number of rotatable bonds is 5. The fourth-order valence-corrected chi connectivity index (χ4v) is 4.79. The van der Waals surface area contributed by atoms with Gasteiger partial charge in [-0.05, 0) is 45.2 Å². The van der Waals surface area contributed by atoms with Crippen molar-refractivity contribution in [3.05, 3.63) is 36.0 Å². The number of para-hydroxylation sites is 1. The molecule has 1 aromatic carbocycles. The molecule has 0 aliphatic carbocycles. The van der Waals surface area contributed by atoms with Crippen molar-refractivity contribution in [2.24, 2.45) is 0 Å². The molecule has 0 unspecified atom stereocenters. The highest BCUT2D eigenvalue weighted by atomic mass is 16.6. The molecular weight excluding hydrogens is 450 g/mol. The van der Waals surface area contributed by atoms with Gasteiger partial charge < -0.3 is 25.3 Å². The maximum absolute atomic E-state index is 13.5. The first kappa shape index (κ1) is 24.6.